The van der Waals surface area contributed by atoms with Crippen LogP contribution in [0, 0.1) is 6.92 Å². The van der Waals surface area contributed by atoms with Crippen molar-refractivity contribution < 1.29 is 18.0 Å². The number of piperidine rings is 1. The summed E-state index contributed by atoms with van der Waals surface area (Å²) >= 11 is 0. The third-order valence-electron chi connectivity index (χ3n) is 5.19. The average molecular weight is 398 g/mol. The standard InChI is InChI=1S/C17H27N5O4S/c1-13-11-15(19(2)18-13)21-10-6-7-14(17(21)24)22(27(3,25)26)12-16(23)20-8-4-5-9-20/h11,14H,4-10,12H2,1-3H3. The molecule has 0 radical (unpaired) electrons. The van der Waals surface area contributed by atoms with Gasteiger partial charge in [-0.1, -0.05) is 0 Å². The predicted octanol–water partition coefficient (Wildman–Crippen LogP) is 0.108. The summed E-state index contributed by atoms with van der Waals surface area (Å²) in [7, 11) is -1.96. The van der Waals surface area contributed by atoms with E-state index in [1.54, 1.807) is 27.6 Å². The van der Waals surface area contributed by atoms with Crippen LogP contribution in [0.5, 0.6) is 0 Å². The highest BCUT2D eigenvalue weighted by Gasteiger charge is 2.40. The van der Waals surface area contributed by atoms with Gasteiger partial charge < -0.3 is 4.90 Å². The Labute approximate surface area is 159 Å². The molecule has 150 valence electrons. The van der Waals surface area contributed by atoms with Crippen LogP contribution in [0.1, 0.15) is 31.4 Å². The summed E-state index contributed by atoms with van der Waals surface area (Å²) in [4.78, 5) is 28.9. The van der Waals surface area contributed by atoms with Gasteiger partial charge in [-0.25, -0.2) is 8.42 Å². The molecule has 0 aliphatic carbocycles. The number of anilines is 1. The Hall–Kier alpha value is -1.94. The van der Waals surface area contributed by atoms with Gasteiger partial charge in [-0.15, -0.1) is 0 Å². The minimum absolute atomic E-state index is 0.237. The number of sulfonamides is 1. The highest BCUT2D eigenvalue weighted by atomic mass is 32.2. The summed E-state index contributed by atoms with van der Waals surface area (Å²) < 4.78 is 27.5. The van der Waals surface area contributed by atoms with Gasteiger partial charge in [0.2, 0.25) is 21.8 Å². The van der Waals surface area contributed by atoms with Crippen molar-refractivity contribution in [2.45, 2.75) is 38.6 Å². The van der Waals surface area contributed by atoms with Crippen molar-refractivity contribution in [1.82, 2.24) is 19.0 Å². The molecule has 2 amide bonds. The summed E-state index contributed by atoms with van der Waals surface area (Å²) in [6.07, 6.45) is 3.99. The van der Waals surface area contributed by atoms with Crippen molar-refractivity contribution in [2.24, 2.45) is 7.05 Å². The normalized spacial score (nSPS) is 21.3. The van der Waals surface area contributed by atoms with Gasteiger partial charge in [0.25, 0.3) is 0 Å². The summed E-state index contributed by atoms with van der Waals surface area (Å²) in [5.41, 5.74) is 0.784. The number of rotatable bonds is 5. The van der Waals surface area contributed by atoms with Crippen LogP contribution >= 0.6 is 0 Å². The monoisotopic (exact) mass is 397 g/mol. The molecule has 1 atom stereocenters. The van der Waals surface area contributed by atoms with Crippen LogP contribution in [-0.2, 0) is 26.7 Å². The van der Waals surface area contributed by atoms with E-state index in [2.05, 4.69) is 5.10 Å². The van der Waals surface area contributed by atoms with Crippen molar-refractivity contribution in [3.63, 3.8) is 0 Å². The van der Waals surface area contributed by atoms with Crippen LogP contribution < -0.4 is 4.90 Å². The molecule has 27 heavy (non-hydrogen) atoms. The number of carbonyl (C=O) groups is 2. The molecule has 0 N–H and O–H groups in total. The van der Waals surface area contributed by atoms with E-state index in [9.17, 15) is 18.0 Å². The van der Waals surface area contributed by atoms with Crippen LogP contribution in [-0.4, -0.2) is 77.7 Å². The second kappa shape index (κ2) is 7.59. The molecule has 3 heterocycles. The SMILES string of the molecule is Cc1cc(N2CCCC(N(CC(=O)N3CCCC3)S(C)(=O)=O)C2=O)n(C)n1. The smallest absolute Gasteiger partial charge is 0.246 e. The average Bonchev–Trinajstić information content (AvgIpc) is 3.22. The molecule has 0 aromatic carbocycles. The first-order chi connectivity index (χ1) is 12.7. The van der Waals surface area contributed by atoms with Gasteiger partial charge in [-0.2, -0.15) is 9.40 Å². The summed E-state index contributed by atoms with van der Waals surface area (Å²) in [6, 6.07) is 0.941. The second-order valence-electron chi connectivity index (χ2n) is 7.31. The van der Waals surface area contributed by atoms with Gasteiger partial charge >= 0.3 is 0 Å². The third-order valence-corrected chi connectivity index (χ3v) is 6.42. The summed E-state index contributed by atoms with van der Waals surface area (Å²) in [6.45, 7) is 3.36. The first kappa shape index (κ1) is 19.8. The van der Waals surface area contributed by atoms with Gasteiger partial charge in [-0.3, -0.25) is 19.2 Å². The van der Waals surface area contributed by atoms with Crippen molar-refractivity contribution in [1.29, 1.82) is 0 Å². The number of hydrogen-bond donors (Lipinski definition) is 0. The fourth-order valence-electron chi connectivity index (χ4n) is 3.86. The molecule has 1 unspecified atom stereocenters. The van der Waals surface area contributed by atoms with E-state index in [1.165, 1.54) is 0 Å². The van der Waals surface area contributed by atoms with Crippen LogP contribution in [0.15, 0.2) is 6.07 Å². The number of carbonyl (C=O) groups excluding carboxylic acids is 2. The van der Waals surface area contributed by atoms with E-state index in [4.69, 9.17) is 0 Å². The van der Waals surface area contributed by atoms with Gasteiger partial charge in [0, 0.05) is 32.7 Å². The highest BCUT2D eigenvalue weighted by Crippen LogP contribution is 2.25. The number of likely N-dealkylation sites (tertiary alicyclic amines) is 1. The van der Waals surface area contributed by atoms with Gasteiger partial charge in [0.05, 0.1) is 18.5 Å². The largest absolute Gasteiger partial charge is 0.342 e. The summed E-state index contributed by atoms with van der Waals surface area (Å²) in [5, 5.41) is 4.27. The number of aryl methyl sites for hydroxylation is 2. The number of amides is 2. The van der Waals surface area contributed by atoms with Crippen LogP contribution in [0.2, 0.25) is 0 Å². The van der Waals surface area contributed by atoms with Crippen molar-refractivity contribution >= 4 is 27.7 Å². The fourth-order valence-corrected chi connectivity index (χ4v) is 4.86. The lowest BCUT2D eigenvalue weighted by molar-refractivity contribution is -0.131. The molecule has 2 aliphatic heterocycles. The highest BCUT2D eigenvalue weighted by molar-refractivity contribution is 7.88. The Morgan fingerprint density at radius 1 is 1.26 bits per heavy atom. The zero-order valence-electron chi connectivity index (χ0n) is 16.1. The predicted molar refractivity (Wildman–Crippen MR) is 101 cm³/mol. The molecule has 9 nitrogen and oxygen atoms in total. The Kier molecular flexibility index (Phi) is 5.57. The van der Waals surface area contributed by atoms with E-state index in [1.807, 2.05) is 6.92 Å². The van der Waals surface area contributed by atoms with Crippen molar-refractivity contribution in [2.75, 3.05) is 37.3 Å². The lowest BCUT2D eigenvalue weighted by Crippen LogP contribution is -2.56. The zero-order chi connectivity index (χ0) is 19.8. The van der Waals surface area contributed by atoms with Gasteiger partial charge in [0.1, 0.15) is 11.9 Å². The molecule has 1 aromatic rings. The Balaban J connectivity index is 1.84. The molecular weight excluding hydrogens is 370 g/mol. The fraction of sp³-hybridized carbons (Fsp3) is 0.706. The maximum absolute atomic E-state index is 13.1. The first-order valence-corrected chi connectivity index (χ1v) is 11.1. The van der Waals surface area contributed by atoms with Crippen LogP contribution in [0.4, 0.5) is 5.82 Å². The topological polar surface area (TPSA) is 95.8 Å². The molecule has 2 saturated heterocycles. The molecule has 3 rings (SSSR count). The van der Waals surface area contributed by atoms with Crippen LogP contribution in [0.25, 0.3) is 0 Å². The minimum Gasteiger partial charge on any atom is -0.342 e. The third kappa shape index (κ3) is 4.16. The Bertz CT molecular complexity index is 828. The molecular formula is C17H27N5O4S. The molecule has 10 heteroatoms. The molecule has 0 bridgehead atoms. The van der Waals surface area contributed by atoms with E-state index in [0.717, 1.165) is 29.1 Å². The summed E-state index contributed by atoms with van der Waals surface area (Å²) in [5.74, 6) is 0.102. The van der Waals surface area contributed by atoms with Gasteiger partial charge in [0.15, 0.2) is 0 Å². The maximum atomic E-state index is 13.1. The minimum atomic E-state index is -3.72. The Morgan fingerprint density at radius 3 is 2.48 bits per heavy atom. The van der Waals surface area contributed by atoms with E-state index >= 15 is 0 Å². The molecule has 2 fully saturated rings. The molecule has 0 saturated carbocycles. The van der Waals surface area contributed by atoms with Crippen molar-refractivity contribution in [3.8, 4) is 0 Å². The quantitative estimate of drug-likeness (QED) is 0.703. The lowest BCUT2D eigenvalue weighted by atomic mass is 10.0. The maximum Gasteiger partial charge on any atom is 0.246 e. The van der Waals surface area contributed by atoms with E-state index < -0.39 is 16.1 Å². The number of aromatic nitrogens is 2. The van der Waals surface area contributed by atoms with Crippen LogP contribution in [0.3, 0.4) is 0 Å². The van der Waals surface area contributed by atoms with E-state index in [-0.39, 0.29) is 18.4 Å². The number of nitrogens with zero attached hydrogens (tertiary/aromatic N) is 5. The van der Waals surface area contributed by atoms with E-state index in [0.29, 0.717) is 38.3 Å². The van der Waals surface area contributed by atoms with Crippen molar-refractivity contribution in [3.05, 3.63) is 11.8 Å². The molecule has 0 spiro atoms. The Morgan fingerprint density at radius 2 is 1.93 bits per heavy atom. The molecule has 1 aromatic heterocycles. The second-order valence-corrected chi connectivity index (χ2v) is 9.25. The number of hydrogen-bond acceptors (Lipinski definition) is 5. The zero-order valence-corrected chi connectivity index (χ0v) is 16.9. The first-order valence-electron chi connectivity index (χ1n) is 9.25. The molecule has 2 aliphatic rings. The van der Waals surface area contributed by atoms with Gasteiger partial charge in [-0.05, 0) is 32.6 Å². The lowest BCUT2D eigenvalue weighted by Gasteiger charge is -2.37.